The monoisotopic (exact) mass is 370 g/mol. The van der Waals surface area contributed by atoms with E-state index in [1.807, 2.05) is 18.2 Å². The van der Waals surface area contributed by atoms with E-state index in [4.69, 9.17) is 10.2 Å². The zero-order valence-electron chi connectivity index (χ0n) is 15.4. The summed E-state index contributed by atoms with van der Waals surface area (Å²) in [7, 11) is 0. The first-order valence-corrected chi connectivity index (χ1v) is 9.65. The first kappa shape index (κ1) is 22.8. The van der Waals surface area contributed by atoms with E-state index in [1.165, 1.54) is 0 Å². The van der Waals surface area contributed by atoms with Crippen molar-refractivity contribution in [2.45, 2.75) is 76.1 Å². The zero-order valence-corrected chi connectivity index (χ0v) is 15.4. The van der Waals surface area contributed by atoms with E-state index in [-0.39, 0.29) is 24.9 Å². The number of aliphatic hydroxyl groups is 4. The number of hydrogen-bond donors (Lipinski definition) is 5. The van der Waals surface area contributed by atoms with Crippen LogP contribution in [0, 0.1) is 11.8 Å². The van der Waals surface area contributed by atoms with Gasteiger partial charge in [0.25, 0.3) is 0 Å². The topological polar surface area (TPSA) is 118 Å². The molecular formula is C20H34O6. The highest BCUT2D eigenvalue weighted by molar-refractivity contribution is 5.66. The molecule has 5 atom stereocenters. The molecule has 6 nitrogen and oxygen atoms in total. The van der Waals surface area contributed by atoms with E-state index in [9.17, 15) is 20.1 Å². The first-order chi connectivity index (χ1) is 12.5. The van der Waals surface area contributed by atoms with Crippen LogP contribution in [0.25, 0.3) is 0 Å². The van der Waals surface area contributed by atoms with Gasteiger partial charge in [0, 0.05) is 25.4 Å². The van der Waals surface area contributed by atoms with E-state index < -0.39 is 24.3 Å². The van der Waals surface area contributed by atoms with Crippen LogP contribution in [0.5, 0.6) is 0 Å². The predicted molar refractivity (Wildman–Crippen MR) is 99.6 cm³/mol. The molecule has 0 aromatic rings. The van der Waals surface area contributed by atoms with Crippen molar-refractivity contribution in [3.63, 3.8) is 0 Å². The number of carboxylic acids is 1. The fourth-order valence-electron chi connectivity index (χ4n) is 3.44. The molecule has 1 saturated carbocycles. The van der Waals surface area contributed by atoms with Crippen LogP contribution in [0.3, 0.4) is 0 Å². The predicted octanol–water partition coefficient (Wildman–Crippen LogP) is 2.02. The number of hydrogen-bond acceptors (Lipinski definition) is 5. The number of carboxylic acid groups (broad SMARTS) is 1. The molecule has 0 spiro atoms. The quantitative estimate of drug-likeness (QED) is 0.250. The Hall–Kier alpha value is -1.21. The SMILES string of the molecule is O=C(O)CCCC=CC[C@@H]1[C@@H](C=C[C@H](O)CCCCCO)[C@H](O)C[C@@H]1O. The number of carbonyl (C=O) groups is 1. The lowest BCUT2D eigenvalue weighted by Gasteiger charge is -2.19. The van der Waals surface area contributed by atoms with Gasteiger partial charge in [-0.2, -0.15) is 0 Å². The second-order valence-corrected chi connectivity index (χ2v) is 7.13. The summed E-state index contributed by atoms with van der Waals surface area (Å²) in [6, 6.07) is 0. The number of aliphatic hydroxyl groups excluding tert-OH is 4. The third kappa shape index (κ3) is 8.94. The molecule has 5 N–H and O–H groups in total. The lowest BCUT2D eigenvalue weighted by Crippen LogP contribution is -2.20. The van der Waals surface area contributed by atoms with Crippen LogP contribution in [0.4, 0.5) is 0 Å². The Balaban J connectivity index is 2.44. The van der Waals surface area contributed by atoms with Gasteiger partial charge in [-0.1, -0.05) is 37.1 Å². The van der Waals surface area contributed by atoms with E-state index in [0.29, 0.717) is 32.1 Å². The lowest BCUT2D eigenvalue weighted by molar-refractivity contribution is -0.137. The molecule has 1 rings (SSSR count). The fourth-order valence-corrected chi connectivity index (χ4v) is 3.44. The number of unbranched alkanes of at least 4 members (excludes halogenated alkanes) is 3. The Kier molecular flexibility index (Phi) is 11.4. The molecule has 0 heterocycles. The molecule has 0 radical (unpaired) electrons. The van der Waals surface area contributed by atoms with E-state index >= 15 is 0 Å². The molecule has 0 aromatic carbocycles. The van der Waals surface area contributed by atoms with Gasteiger partial charge in [-0.15, -0.1) is 0 Å². The van der Waals surface area contributed by atoms with Gasteiger partial charge in [0.15, 0.2) is 0 Å². The third-order valence-corrected chi connectivity index (χ3v) is 4.97. The maximum atomic E-state index is 10.5. The summed E-state index contributed by atoms with van der Waals surface area (Å²) >= 11 is 0. The van der Waals surface area contributed by atoms with Crippen molar-refractivity contribution in [1.29, 1.82) is 0 Å². The van der Waals surface area contributed by atoms with Crippen LogP contribution in [0.2, 0.25) is 0 Å². The van der Waals surface area contributed by atoms with Gasteiger partial charge in [0.05, 0.1) is 18.3 Å². The van der Waals surface area contributed by atoms with E-state index in [1.54, 1.807) is 6.08 Å². The molecule has 1 aliphatic carbocycles. The van der Waals surface area contributed by atoms with Crippen LogP contribution in [-0.2, 0) is 4.79 Å². The molecule has 6 heteroatoms. The first-order valence-electron chi connectivity index (χ1n) is 9.65. The van der Waals surface area contributed by atoms with Crippen molar-refractivity contribution in [2.24, 2.45) is 11.8 Å². The van der Waals surface area contributed by atoms with Crippen LogP contribution < -0.4 is 0 Å². The number of allylic oxidation sites excluding steroid dienone is 2. The minimum absolute atomic E-state index is 0.0986. The van der Waals surface area contributed by atoms with Crippen molar-refractivity contribution >= 4 is 5.97 Å². The van der Waals surface area contributed by atoms with Crippen LogP contribution in [-0.4, -0.2) is 56.4 Å². The molecule has 0 bridgehead atoms. The van der Waals surface area contributed by atoms with E-state index in [0.717, 1.165) is 19.3 Å². The summed E-state index contributed by atoms with van der Waals surface area (Å²) in [5, 5.41) is 47.7. The third-order valence-electron chi connectivity index (χ3n) is 4.97. The summed E-state index contributed by atoms with van der Waals surface area (Å²) in [6.07, 6.45) is 11.1. The lowest BCUT2D eigenvalue weighted by atomic mass is 9.89. The van der Waals surface area contributed by atoms with E-state index in [2.05, 4.69) is 0 Å². The Labute approximate surface area is 155 Å². The average molecular weight is 370 g/mol. The molecule has 0 aliphatic heterocycles. The molecule has 150 valence electrons. The summed E-state index contributed by atoms with van der Waals surface area (Å²) in [4.78, 5) is 10.5. The number of aliphatic carboxylic acids is 1. The molecular weight excluding hydrogens is 336 g/mol. The largest absolute Gasteiger partial charge is 0.481 e. The maximum Gasteiger partial charge on any atom is 0.303 e. The maximum absolute atomic E-state index is 10.5. The molecule has 0 amide bonds. The summed E-state index contributed by atoms with van der Waals surface area (Å²) in [5.74, 6) is -1.09. The van der Waals surface area contributed by atoms with Gasteiger partial charge in [-0.3, -0.25) is 4.79 Å². The van der Waals surface area contributed by atoms with Crippen molar-refractivity contribution < 1.29 is 30.3 Å². The van der Waals surface area contributed by atoms with Crippen LogP contribution in [0.1, 0.15) is 57.8 Å². The standard InChI is InChI=1S/C20H34O6/c21-13-7-3-4-8-15(22)11-12-17-16(18(23)14-19(17)24)9-5-1-2-6-10-20(25)26/h1,5,11-12,15-19,21-24H,2-4,6-10,13-14H2,(H,25,26)/t15-,16-,17-,18+,19-/m1/s1. The van der Waals surface area contributed by atoms with Crippen molar-refractivity contribution in [3.8, 4) is 0 Å². The summed E-state index contributed by atoms with van der Waals surface area (Å²) in [6.45, 7) is 0.170. The molecule has 0 aromatic heterocycles. The molecule has 1 aliphatic rings. The highest BCUT2D eigenvalue weighted by Crippen LogP contribution is 2.36. The van der Waals surface area contributed by atoms with Gasteiger partial charge in [-0.25, -0.2) is 0 Å². The molecule has 1 fully saturated rings. The van der Waals surface area contributed by atoms with Gasteiger partial charge < -0.3 is 25.5 Å². The highest BCUT2D eigenvalue weighted by atomic mass is 16.4. The smallest absolute Gasteiger partial charge is 0.303 e. The van der Waals surface area contributed by atoms with Gasteiger partial charge in [-0.05, 0) is 38.0 Å². The molecule has 26 heavy (non-hydrogen) atoms. The summed E-state index contributed by atoms with van der Waals surface area (Å²) < 4.78 is 0. The zero-order chi connectivity index (χ0) is 19.4. The Morgan fingerprint density at radius 2 is 1.85 bits per heavy atom. The average Bonchev–Trinajstić information content (AvgIpc) is 2.85. The Morgan fingerprint density at radius 1 is 1.08 bits per heavy atom. The Morgan fingerprint density at radius 3 is 2.54 bits per heavy atom. The molecule has 0 unspecified atom stereocenters. The van der Waals surface area contributed by atoms with Crippen LogP contribution >= 0.6 is 0 Å². The Bertz CT molecular complexity index is 448. The second kappa shape index (κ2) is 13.0. The van der Waals surface area contributed by atoms with Gasteiger partial charge in [0.1, 0.15) is 0 Å². The fraction of sp³-hybridized carbons (Fsp3) is 0.750. The van der Waals surface area contributed by atoms with Crippen LogP contribution in [0.15, 0.2) is 24.3 Å². The minimum Gasteiger partial charge on any atom is -0.481 e. The van der Waals surface area contributed by atoms with Gasteiger partial charge >= 0.3 is 5.97 Å². The van der Waals surface area contributed by atoms with Gasteiger partial charge in [0.2, 0.25) is 0 Å². The molecule has 0 saturated heterocycles. The highest BCUT2D eigenvalue weighted by Gasteiger charge is 2.39. The normalized spacial score (nSPS) is 27.5. The minimum atomic E-state index is -0.798. The van der Waals surface area contributed by atoms with Crippen molar-refractivity contribution in [3.05, 3.63) is 24.3 Å². The number of rotatable bonds is 13. The van der Waals surface area contributed by atoms with Crippen molar-refractivity contribution in [2.75, 3.05) is 6.61 Å². The second-order valence-electron chi connectivity index (χ2n) is 7.13. The van der Waals surface area contributed by atoms with Crippen molar-refractivity contribution in [1.82, 2.24) is 0 Å². The summed E-state index contributed by atoms with van der Waals surface area (Å²) in [5.41, 5.74) is 0.